The fraction of sp³-hybridized carbons (Fsp3) is 0.350. The predicted octanol–water partition coefficient (Wildman–Crippen LogP) is 3.93. The summed E-state index contributed by atoms with van der Waals surface area (Å²) in [6.07, 6.45) is 0. The number of hydrogen-bond donors (Lipinski definition) is 1. The first-order valence-electron chi connectivity index (χ1n) is 8.49. The van der Waals surface area contributed by atoms with E-state index < -0.39 is 4.92 Å². The molecule has 2 aromatic carbocycles. The molecule has 6 nitrogen and oxygen atoms in total. The predicted molar refractivity (Wildman–Crippen MR) is 103 cm³/mol. The van der Waals surface area contributed by atoms with Crippen LogP contribution in [0.3, 0.4) is 0 Å². The number of nitro benzene ring substituents is 1. The summed E-state index contributed by atoms with van der Waals surface area (Å²) < 4.78 is 0. The highest BCUT2D eigenvalue weighted by Crippen LogP contribution is 2.32. The Morgan fingerprint density at radius 2 is 1.69 bits per heavy atom. The lowest BCUT2D eigenvalue weighted by Gasteiger charge is -2.32. The van der Waals surface area contributed by atoms with Gasteiger partial charge in [-0.3, -0.25) is 14.9 Å². The number of anilines is 1. The molecule has 0 radical (unpaired) electrons. The number of non-ortho nitro benzene ring substituents is 1. The van der Waals surface area contributed by atoms with Crippen molar-refractivity contribution in [2.24, 2.45) is 5.41 Å². The van der Waals surface area contributed by atoms with Crippen molar-refractivity contribution in [3.63, 3.8) is 0 Å². The number of amides is 1. The summed E-state index contributed by atoms with van der Waals surface area (Å²) in [6.45, 7) is 6.55. The average molecular weight is 355 g/mol. The van der Waals surface area contributed by atoms with Gasteiger partial charge in [-0.1, -0.05) is 51.1 Å². The van der Waals surface area contributed by atoms with Crippen LogP contribution in [0.2, 0.25) is 0 Å². The Morgan fingerprint density at radius 3 is 2.19 bits per heavy atom. The van der Waals surface area contributed by atoms with Crippen molar-refractivity contribution >= 4 is 17.3 Å². The molecule has 0 saturated carbocycles. The monoisotopic (exact) mass is 355 g/mol. The fourth-order valence-corrected chi connectivity index (χ4v) is 2.82. The third-order valence-electron chi connectivity index (χ3n) is 4.28. The summed E-state index contributed by atoms with van der Waals surface area (Å²) in [5, 5.41) is 14.1. The molecule has 0 aliphatic carbocycles. The third kappa shape index (κ3) is 4.89. The molecule has 1 atom stereocenters. The zero-order chi connectivity index (χ0) is 19.3. The summed E-state index contributed by atoms with van der Waals surface area (Å²) in [6, 6.07) is 16.0. The van der Waals surface area contributed by atoms with Gasteiger partial charge in [0.25, 0.3) is 5.69 Å². The van der Waals surface area contributed by atoms with Gasteiger partial charge in [0.1, 0.15) is 0 Å². The third-order valence-corrected chi connectivity index (χ3v) is 4.28. The number of carbonyl (C=O) groups excluding carboxylic acids is 1. The van der Waals surface area contributed by atoms with Crippen molar-refractivity contribution in [1.82, 2.24) is 5.32 Å². The number of carbonyl (C=O) groups is 1. The van der Waals surface area contributed by atoms with E-state index in [0.717, 1.165) is 5.56 Å². The second-order valence-corrected chi connectivity index (χ2v) is 7.32. The Bertz CT molecular complexity index is 752. The smallest absolute Gasteiger partial charge is 0.269 e. The molecule has 0 saturated heterocycles. The van der Waals surface area contributed by atoms with Crippen LogP contribution in [0.5, 0.6) is 0 Å². The molecule has 6 heteroatoms. The van der Waals surface area contributed by atoms with Crippen LogP contribution in [0.15, 0.2) is 54.6 Å². The second kappa shape index (κ2) is 8.10. The van der Waals surface area contributed by atoms with Crippen molar-refractivity contribution < 1.29 is 9.72 Å². The number of benzene rings is 2. The van der Waals surface area contributed by atoms with Crippen LogP contribution in [-0.2, 0) is 4.79 Å². The molecule has 0 aromatic heterocycles. The van der Waals surface area contributed by atoms with E-state index in [1.807, 2.05) is 30.3 Å². The summed E-state index contributed by atoms with van der Waals surface area (Å²) in [4.78, 5) is 24.3. The minimum absolute atomic E-state index is 0.00426. The summed E-state index contributed by atoms with van der Waals surface area (Å²) in [5.41, 5.74) is 1.69. The van der Waals surface area contributed by atoms with Crippen LogP contribution in [0.4, 0.5) is 11.4 Å². The van der Waals surface area contributed by atoms with Crippen molar-refractivity contribution in [3.05, 3.63) is 70.3 Å². The molecule has 0 aliphatic rings. The molecule has 1 unspecified atom stereocenters. The quantitative estimate of drug-likeness (QED) is 0.629. The molecule has 0 heterocycles. The van der Waals surface area contributed by atoms with Gasteiger partial charge in [0, 0.05) is 30.9 Å². The average Bonchev–Trinajstić information content (AvgIpc) is 2.61. The molecule has 0 bridgehead atoms. The molecule has 0 fully saturated rings. The zero-order valence-corrected chi connectivity index (χ0v) is 15.6. The molecule has 0 aliphatic heterocycles. The summed E-state index contributed by atoms with van der Waals surface area (Å²) >= 11 is 0. The maximum Gasteiger partial charge on any atom is 0.269 e. The van der Waals surface area contributed by atoms with Crippen LogP contribution in [-0.4, -0.2) is 24.4 Å². The highest BCUT2D eigenvalue weighted by molar-refractivity contribution is 5.94. The van der Waals surface area contributed by atoms with E-state index in [1.165, 1.54) is 17.0 Å². The number of nitrogens with zero attached hydrogens (tertiary/aromatic N) is 2. The lowest BCUT2D eigenvalue weighted by atomic mass is 9.82. The van der Waals surface area contributed by atoms with Gasteiger partial charge < -0.3 is 10.2 Å². The van der Waals surface area contributed by atoms with Crippen LogP contribution >= 0.6 is 0 Å². The molecular formula is C20H25N3O3. The van der Waals surface area contributed by atoms with E-state index in [1.54, 1.807) is 19.2 Å². The van der Waals surface area contributed by atoms with E-state index in [9.17, 15) is 14.9 Å². The maximum absolute atomic E-state index is 12.6. The number of likely N-dealkylation sites (N-methyl/N-ethyl adjacent to an activating group) is 1. The van der Waals surface area contributed by atoms with E-state index in [0.29, 0.717) is 5.69 Å². The van der Waals surface area contributed by atoms with Gasteiger partial charge in [-0.2, -0.15) is 0 Å². The Balaban J connectivity index is 2.06. The summed E-state index contributed by atoms with van der Waals surface area (Å²) in [7, 11) is 1.67. The lowest BCUT2D eigenvalue weighted by Crippen LogP contribution is -2.40. The van der Waals surface area contributed by atoms with Gasteiger partial charge in [-0.05, 0) is 23.1 Å². The normalized spacial score (nSPS) is 12.5. The Kier molecular flexibility index (Phi) is 6.10. The SMILES string of the molecule is CN(C(=O)CNC(c1ccccc1)C(C)(C)C)c1ccc([N+](=O)[O-])cc1. The maximum atomic E-state index is 12.6. The molecule has 1 amide bonds. The minimum atomic E-state index is -0.457. The molecule has 2 rings (SSSR count). The van der Waals surface area contributed by atoms with Gasteiger partial charge in [-0.25, -0.2) is 0 Å². The van der Waals surface area contributed by atoms with Crippen molar-refractivity contribution in [3.8, 4) is 0 Å². The van der Waals surface area contributed by atoms with Gasteiger partial charge >= 0.3 is 0 Å². The fourth-order valence-electron chi connectivity index (χ4n) is 2.82. The number of hydrogen-bond acceptors (Lipinski definition) is 4. The van der Waals surface area contributed by atoms with E-state index in [4.69, 9.17) is 0 Å². The van der Waals surface area contributed by atoms with Crippen LogP contribution < -0.4 is 10.2 Å². The molecule has 0 spiro atoms. The van der Waals surface area contributed by atoms with Crippen LogP contribution in [0, 0.1) is 15.5 Å². The Labute approximate surface area is 154 Å². The largest absolute Gasteiger partial charge is 0.314 e. The Morgan fingerprint density at radius 1 is 1.12 bits per heavy atom. The van der Waals surface area contributed by atoms with Crippen molar-refractivity contribution in [2.45, 2.75) is 26.8 Å². The van der Waals surface area contributed by atoms with E-state index in [2.05, 4.69) is 26.1 Å². The highest BCUT2D eigenvalue weighted by Gasteiger charge is 2.26. The molecule has 1 N–H and O–H groups in total. The lowest BCUT2D eigenvalue weighted by molar-refractivity contribution is -0.384. The van der Waals surface area contributed by atoms with Gasteiger partial charge in [-0.15, -0.1) is 0 Å². The number of rotatable bonds is 6. The van der Waals surface area contributed by atoms with Crippen LogP contribution in [0.1, 0.15) is 32.4 Å². The summed E-state index contributed by atoms with van der Waals surface area (Å²) in [5.74, 6) is -0.107. The molecule has 26 heavy (non-hydrogen) atoms. The van der Waals surface area contributed by atoms with Gasteiger partial charge in [0.2, 0.25) is 5.91 Å². The molecule has 138 valence electrons. The van der Waals surface area contributed by atoms with Gasteiger partial charge in [0.05, 0.1) is 11.5 Å². The first-order chi connectivity index (χ1) is 12.2. The zero-order valence-electron chi connectivity index (χ0n) is 15.6. The Hall–Kier alpha value is -2.73. The van der Waals surface area contributed by atoms with Gasteiger partial charge in [0.15, 0.2) is 0 Å². The highest BCUT2D eigenvalue weighted by atomic mass is 16.6. The second-order valence-electron chi connectivity index (χ2n) is 7.32. The molecule has 2 aromatic rings. The minimum Gasteiger partial charge on any atom is -0.314 e. The first-order valence-corrected chi connectivity index (χ1v) is 8.49. The van der Waals surface area contributed by atoms with E-state index >= 15 is 0 Å². The standard InChI is InChI=1S/C20H25N3O3/c1-20(2,3)19(15-8-6-5-7-9-15)21-14-18(24)22(4)16-10-12-17(13-11-16)23(25)26/h5-13,19,21H,14H2,1-4H3. The number of nitro groups is 1. The van der Waals surface area contributed by atoms with Crippen LogP contribution in [0.25, 0.3) is 0 Å². The topological polar surface area (TPSA) is 75.5 Å². The first kappa shape index (κ1) is 19.6. The van der Waals surface area contributed by atoms with Crippen molar-refractivity contribution in [1.29, 1.82) is 0 Å². The number of nitrogens with one attached hydrogen (secondary N) is 1. The van der Waals surface area contributed by atoms with Crippen molar-refractivity contribution in [2.75, 3.05) is 18.5 Å². The van der Waals surface area contributed by atoms with E-state index in [-0.39, 0.29) is 29.6 Å². The molecular weight excluding hydrogens is 330 g/mol.